The quantitative estimate of drug-likeness (QED) is 0.765. The highest BCUT2D eigenvalue weighted by Crippen LogP contribution is 2.29. The zero-order valence-electron chi connectivity index (χ0n) is 10.9. The van der Waals surface area contributed by atoms with E-state index >= 15 is 0 Å². The Hall–Kier alpha value is -1.28. The summed E-state index contributed by atoms with van der Waals surface area (Å²) < 4.78 is 0. The van der Waals surface area contributed by atoms with Gasteiger partial charge in [-0.25, -0.2) is 0 Å². The summed E-state index contributed by atoms with van der Waals surface area (Å²) >= 11 is 0. The lowest BCUT2D eigenvalue weighted by Gasteiger charge is -2.13. The average Bonchev–Trinajstić information content (AvgIpc) is 2.28. The van der Waals surface area contributed by atoms with Gasteiger partial charge in [-0.2, -0.15) is 0 Å². The van der Waals surface area contributed by atoms with Crippen molar-refractivity contribution < 1.29 is 10.2 Å². The van der Waals surface area contributed by atoms with Crippen molar-refractivity contribution in [1.29, 1.82) is 0 Å². The molecule has 17 heavy (non-hydrogen) atoms. The van der Waals surface area contributed by atoms with Gasteiger partial charge in [0.2, 0.25) is 0 Å². The molecule has 1 aromatic rings. The van der Waals surface area contributed by atoms with Gasteiger partial charge in [0.05, 0.1) is 6.61 Å². The smallest absolute Gasteiger partial charge is 0.119 e. The highest BCUT2D eigenvalue weighted by molar-refractivity contribution is 5.38. The molecule has 1 rings (SSSR count). The topological polar surface area (TPSA) is 40.5 Å². The summed E-state index contributed by atoms with van der Waals surface area (Å²) in [5, 5.41) is 18.7. The predicted molar refractivity (Wildman–Crippen MR) is 71.3 cm³/mol. The summed E-state index contributed by atoms with van der Waals surface area (Å²) in [5.41, 5.74) is 3.09. The third-order valence-electron chi connectivity index (χ3n) is 3.06. The van der Waals surface area contributed by atoms with Gasteiger partial charge in [0, 0.05) is 0 Å². The van der Waals surface area contributed by atoms with Crippen molar-refractivity contribution in [2.45, 2.75) is 39.5 Å². The molecule has 0 saturated carbocycles. The third kappa shape index (κ3) is 4.23. The maximum atomic E-state index is 9.86. The fourth-order valence-corrected chi connectivity index (χ4v) is 1.87. The monoisotopic (exact) mass is 234 g/mol. The molecule has 0 spiro atoms. The first-order chi connectivity index (χ1) is 8.04. The van der Waals surface area contributed by atoms with Crippen LogP contribution in [0.5, 0.6) is 5.75 Å². The molecule has 2 heteroatoms. The van der Waals surface area contributed by atoms with E-state index in [9.17, 15) is 5.11 Å². The molecule has 0 aliphatic heterocycles. The number of benzene rings is 1. The molecular formula is C15H22O2. The SMILES string of the molecule is CC(=CCC[C@H](C)c1ccc(C)cc1O)CO. The highest BCUT2D eigenvalue weighted by atomic mass is 16.3. The minimum Gasteiger partial charge on any atom is -0.508 e. The number of aromatic hydroxyl groups is 1. The highest BCUT2D eigenvalue weighted by Gasteiger charge is 2.09. The van der Waals surface area contributed by atoms with E-state index in [0.29, 0.717) is 11.7 Å². The molecule has 94 valence electrons. The number of hydrogen-bond donors (Lipinski definition) is 2. The third-order valence-corrected chi connectivity index (χ3v) is 3.06. The van der Waals surface area contributed by atoms with Crippen LogP contribution >= 0.6 is 0 Å². The van der Waals surface area contributed by atoms with Crippen LogP contribution in [0.25, 0.3) is 0 Å². The van der Waals surface area contributed by atoms with Crippen LogP contribution < -0.4 is 0 Å². The molecule has 0 aliphatic carbocycles. The fraction of sp³-hybridized carbons (Fsp3) is 0.467. The van der Waals surface area contributed by atoms with E-state index in [0.717, 1.165) is 29.5 Å². The number of aryl methyl sites for hydroxylation is 1. The summed E-state index contributed by atoms with van der Waals surface area (Å²) in [7, 11) is 0. The summed E-state index contributed by atoms with van der Waals surface area (Å²) in [6.07, 6.45) is 3.97. The van der Waals surface area contributed by atoms with Gasteiger partial charge < -0.3 is 10.2 Å². The Morgan fingerprint density at radius 2 is 2.12 bits per heavy atom. The van der Waals surface area contributed by atoms with Crippen LogP contribution in [0.2, 0.25) is 0 Å². The number of phenols is 1. The Balaban J connectivity index is 2.61. The van der Waals surface area contributed by atoms with Crippen LogP contribution in [0.1, 0.15) is 43.7 Å². The van der Waals surface area contributed by atoms with E-state index in [4.69, 9.17) is 5.11 Å². The normalized spacial score (nSPS) is 13.8. The summed E-state index contributed by atoms with van der Waals surface area (Å²) in [5.74, 6) is 0.721. The zero-order valence-corrected chi connectivity index (χ0v) is 10.9. The molecule has 0 aliphatic rings. The minimum absolute atomic E-state index is 0.129. The van der Waals surface area contributed by atoms with Gasteiger partial charge in [-0.15, -0.1) is 0 Å². The second kappa shape index (κ2) is 6.45. The fourth-order valence-electron chi connectivity index (χ4n) is 1.87. The number of phenolic OH excluding ortho intramolecular Hbond substituents is 1. The Morgan fingerprint density at radius 1 is 1.41 bits per heavy atom. The van der Waals surface area contributed by atoms with Crippen molar-refractivity contribution in [2.75, 3.05) is 6.61 Å². The molecule has 0 bridgehead atoms. The maximum Gasteiger partial charge on any atom is 0.119 e. The summed E-state index contributed by atoms with van der Waals surface area (Å²) in [6, 6.07) is 5.83. The molecule has 2 N–H and O–H groups in total. The molecule has 1 aromatic carbocycles. The molecule has 0 saturated heterocycles. The van der Waals surface area contributed by atoms with Crippen LogP contribution in [-0.4, -0.2) is 16.8 Å². The van der Waals surface area contributed by atoms with E-state index in [1.807, 2.05) is 26.0 Å². The number of rotatable bonds is 5. The van der Waals surface area contributed by atoms with E-state index < -0.39 is 0 Å². The van der Waals surface area contributed by atoms with Gasteiger partial charge >= 0.3 is 0 Å². The summed E-state index contributed by atoms with van der Waals surface area (Å²) in [4.78, 5) is 0. The molecule has 0 unspecified atom stereocenters. The largest absolute Gasteiger partial charge is 0.508 e. The van der Waals surface area contributed by atoms with E-state index in [1.165, 1.54) is 0 Å². The molecule has 0 heterocycles. The van der Waals surface area contributed by atoms with Crippen LogP contribution in [0.3, 0.4) is 0 Å². The lowest BCUT2D eigenvalue weighted by Crippen LogP contribution is -1.94. The Bertz CT molecular complexity index is 394. The lowest BCUT2D eigenvalue weighted by atomic mass is 9.94. The van der Waals surface area contributed by atoms with Crippen LogP contribution in [-0.2, 0) is 0 Å². The summed E-state index contributed by atoms with van der Waals surface area (Å²) in [6.45, 7) is 6.15. The van der Waals surface area contributed by atoms with Gasteiger partial charge in [-0.1, -0.05) is 30.7 Å². The maximum absolute atomic E-state index is 9.86. The first-order valence-corrected chi connectivity index (χ1v) is 6.10. The molecule has 2 nitrogen and oxygen atoms in total. The van der Waals surface area contributed by atoms with Gasteiger partial charge in [0.1, 0.15) is 5.75 Å². The number of aliphatic hydroxyl groups excluding tert-OH is 1. The predicted octanol–water partition coefficient (Wildman–Crippen LogP) is 3.52. The van der Waals surface area contributed by atoms with Crippen molar-refractivity contribution >= 4 is 0 Å². The molecule has 0 radical (unpaired) electrons. The first-order valence-electron chi connectivity index (χ1n) is 6.10. The van der Waals surface area contributed by atoms with Gasteiger partial charge in [0.15, 0.2) is 0 Å². The van der Waals surface area contributed by atoms with E-state index in [1.54, 1.807) is 6.07 Å². The number of allylic oxidation sites excluding steroid dienone is 1. The van der Waals surface area contributed by atoms with Crippen LogP contribution in [0.15, 0.2) is 29.8 Å². The zero-order chi connectivity index (χ0) is 12.8. The Kier molecular flexibility index (Phi) is 5.23. The molecule has 1 atom stereocenters. The van der Waals surface area contributed by atoms with Crippen molar-refractivity contribution in [1.82, 2.24) is 0 Å². The van der Waals surface area contributed by atoms with Crippen molar-refractivity contribution in [3.63, 3.8) is 0 Å². The standard InChI is InChI=1S/C15H22O2/c1-11-7-8-14(15(17)9-11)13(3)6-4-5-12(2)10-16/h5,7-9,13,16-17H,4,6,10H2,1-3H3/t13-/m0/s1. The number of aliphatic hydroxyl groups is 1. The lowest BCUT2D eigenvalue weighted by molar-refractivity contribution is 0.331. The first kappa shape index (κ1) is 13.8. The average molecular weight is 234 g/mol. The van der Waals surface area contributed by atoms with E-state index in [2.05, 4.69) is 13.0 Å². The van der Waals surface area contributed by atoms with Crippen LogP contribution in [0.4, 0.5) is 0 Å². The molecule has 0 aromatic heterocycles. The van der Waals surface area contributed by atoms with Crippen molar-refractivity contribution in [2.24, 2.45) is 0 Å². The van der Waals surface area contributed by atoms with E-state index in [-0.39, 0.29) is 6.61 Å². The van der Waals surface area contributed by atoms with Gasteiger partial charge in [-0.05, 0) is 49.8 Å². The second-order valence-electron chi connectivity index (χ2n) is 4.75. The van der Waals surface area contributed by atoms with Crippen molar-refractivity contribution in [3.05, 3.63) is 41.0 Å². The number of hydrogen-bond acceptors (Lipinski definition) is 2. The second-order valence-corrected chi connectivity index (χ2v) is 4.75. The Morgan fingerprint density at radius 3 is 2.71 bits per heavy atom. The molecule has 0 amide bonds. The van der Waals surface area contributed by atoms with Gasteiger partial charge in [0.25, 0.3) is 0 Å². The molecule has 0 fully saturated rings. The van der Waals surface area contributed by atoms with Crippen LogP contribution in [0, 0.1) is 6.92 Å². The van der Waals surface area contributed by atoms with Gasteiger partial charge in [-0.3, -0.25) is 0 Å². The minimum atomic E-state index is 0.129. The Labute approximate surface area is 104 Å². The molecular weight excluding hydrogens is 212 g/mol. The van der Waals surface area contributed by atoms with Crippen molar-refractivity contribution in [3.8, 4) is 5.75 Å².